The molecule has 0 amide bonds. The molecule has 0 bridgehead atoms. The van der Waals surface area contributed by atoms with Gasteiger partial charge in [0.1, 0.15) is 5.70 Å². The summed E-state index contributed by atoms with van der Waals surface area (Å²) in [5.41, 5.74) is 6.56. The number of Topliss-reactive ketones (excluding diaryl/α,β-unsaturated/α-hetero) is 1. The van der Waals surface area contributed by atoms with Crippen molar-refractivity contribution in [2.75, 3.05) is 5.32 Å². The summed E-state index contributed by atoms with van der Waals surface area (Å²) in [5, 5.41) is 15.5. The van der Waals surface area contributed by atoms with Crippen molar-refractivity contribution in [3.8, 4) is 11.1 Å². The summed E-state index contributed by atoms with van der Waals surface area (Å²) in [6.45, 7) is 2.49. The number of nitrogens with one attached hydrogen (secondary N) is 1. The Morgan fingerprint density at radius 2 is 1.61 bits per heavy atom. The highest BCUT2D eigenvalue weighted by molar-refractivity contribution is 6.04. The summed E-state index contributed by atoms with van der Waals surface area (Å²) in [7, 11) is 0. The molecule has 176 valence electrons. The number of aryl methyl sites for hydroxylation is 1. The van der Waals surface area contributed by atoms with Gasteiger partial charge in [0.2, 0.25) is 0 Å². The number of hydrogen-bond acceptors (Lipinski definition) is 4. The van der Waals surface area contributed by atoms with Crippen molar-refractivity contribution in [1.82, 2.24) is 4.90 Å². The molecular formula is C31H24N2O3. The lowest BCUT2D eigenvalue weighted by Gasteiger charge is -2.22. The molecule has 0 saturated heterocycles. The van der Waals surface area contributed by atoms with Crippen LogP contribution in [0.5, 0.6) is 0 Å². The first-order chi connectivity index (χ1) is 17.5. The number of carbonyl (C=O) groups excluding carboxylic acids is 1. The second-order valence-electron chi connectivity index (χ2n) is 9.21. The highest BCUT2D eigenvalue weighted by Crippen LogP contribution is 2.38. The van der Waals surface area contributed by atoms with E-state index in [1.807, 2.05) is 60.7 Å². The van der Waals surface area contributed by atoms with Crippen LogP contribution in [0.2, 0.25) is 0 Å². The number of carbonyl (C=O) groups is 2. The Bertz CT molecular complexity index is 1600. The van der Waals surface area contributed by atoms with E-state index in [9.17, 15) is 14.7 Å². The lowest BCUT2D eigenvalue weighted by molar-refractivity contribution is -0.134. The van der Waals surface area contributed by atoms with Crippen molar-refractivity contribution in [1.29, 1.82) is 0 Å². The first-order valence-corrected chi connectivity index (χ1v) is 11.9. The van der Waals surface area contributed by atoms with Crippen molar-refractivity contribution >= 4 is 28.2 Å². The number of hydrogen-bond donors (Lipinski definition) is 2. The predicted molar refractivity (Wildman–Crippen MR) is 141 cm³/mol. The molecule has 6 rings (SSSR count). The number of carboxylic acids is 1. The van der Waals surface area contributed by atoms with Crippen LogP contribution in [0, 0.1) is 12.8 Å². The number of para-hydroxylation sites is 1. The topological polar surface area (TPSA) is 69.6 Å². The van der Waals surface area contributed by atoms with E-state index in [1.165, 1.54) is 16.3 Å². The molecule has 36 heavy (non-hydrogen) atoms. The van der Waals surface area contributed by atoms with E-state index < -0.39 is 11.9 Å². The van der Waals surface area contributed by atoms with Crippen LogP contribution < -0.4 is 5.32 Å². The van der Waals surface area contributed by atoms with Gasteiger partial charge in [0.15, 0.2) is 5.78 Å². The minimum absolute atomic E-state index is 0.126. The molecule has 0 fully saturated rings. The fraction of sp³-hybridized carbons (Fsp3) is 0.0968. The van der Waals surface area contributed by atoms with E-state index in [2.05, 4.69) is 36.5 Å². The average Bonchev–Trinajstić information content (AvgIpc) is 3.15. The molecule has 1 unspecified atom stereocenters. The zero-order chi connectivity index (χ0) is 24.8. The van der Waals surface area contributed by atoms with Crippen molar-refractivity contribution < 1.29 is 14.7 Å². The number of carboxylic acid groups (broad SMARTS) is 1. The predicted octanol–water partition coefficient (Wildman–Crippen LogP) is 6.37. The highest BCUT2D eigenvalue weighted by Gasteiger charge is 2.38. The minimum Gasteiger partial charge on any atom is -0.477 e. The summed E-state index contributed by atoms with van der Waals surface area (Å²) in [6, 6.07) is 27.9. The third-order valence-corrected chi connectivity index (χ3v) is 7.09. The molecule has 0 aromatic heterocycles. The Morgan fingerprint density at radius 1 is 0.889 bits per heavy atom. The van der Waals surface area contributed by atoms with E-state index in [0.717, 1.165) is 22.4 Å². The molecule has 1 atom stereocenters. The van der Waals surface area contributed by atoms with Gasteiger partial charge in [0, 0.05) is 23.1 Å². The Kier molecular flexibility index (Phi) is 5.19. The fourth-order valence-electron chi connectivity index (χ4n) is 5.20. The summed E-state index contributed by atoms with van der Waals surface area (Å²) in [4.78, 5) is 27.4. The van der Waals surface area contributed by atoms with E-state index in [0.29, 0.717) is 17.8 Å². The second kappa shape index (κ2) is 8.54. The van der Waals surface area contributed by atoms with Crippen LogP contribution in [-0.4, -0.2) is 21.8 Å². The zero-order valence-electron chi connectivity index (χ0n) is 19.7. The summed E-state index contributed by atoms with van der Waals surface area (Å²) in [6.07, 6.45) is 3.32. The van der Waals surface area contributed by atoms with Crippen LogP contribution in [-0.2, 0) is 11.3 Å². The molecule has 0 spiro atoms. The molecule has 0 radical (unpaired) electrons. The maximum atomic E-state index is 13.6. The van der Waals surface area contributed by atoms with Crippen LogP contribution in [0.3, 0.4) is 0 Å². The molecule has 0 aliphatic carbocycles. The minimum atomic E-state index is -1.04. The molecule has 2 heterocycles. The number of fused-ring (bicyclic) bond motifs is 3. The molecule has 0 saturated carbocycles. The number of nitrogens with zero attached hydrogens (tertiary/aromatic N) is 1. The van der Waals surface area contributed by atoms with E-state index in [1.54, 1.807) is 17.2 Å². The molecule has 4 aromatic rings. The average molecular weight is 473 g/mol. The highest BCUT2D eigenvalue weighted by atomic mass is 16.4. The Hall–Kier alpha value is -4.64. The molecule has 2 aliphatic heterocycles. The van der Waals surface area contributed by atoms with Crippen LogP contribution in [0.15, 0.2) is 109 Å². The van der Waals surface area contributed by atoms with Gasteiger partial charge in [-0.05, 0) is 52.1 Å². The van der Waals surface area contributed by atoms with Gasteiger partial charge >= 0.3 is 5.97 Å². The number of benzene rings is 4. The second-order valence-corrected chi connectivity index (χ2v) is 9.21. The fourth-order valence-corrected chi connectivity index (χ4v) is 5.20. The number of ketones is 1. The lowest BCUT2D eigenvalue weighted by atomic mass is 9.92. The number of anilines is 1. The molecule has 5 heteroatoms. The van der Waals surface area contributed by atoms with E-state index in [-0.39, 0.29) is 11.5 Å². The monoisotopic (exact) mass is 472 g/mol. The van der Waals surface area contributed by atoms with E-state index >= 15 is 0 Å². The number of allylic oxidation sites excluding steroid dienone is 1. The molecule has 4 aromatic carbocycles. The first kappa shape index (κ1) is 21.9. The Labute approximate surface area is 209 Å². The van der Waals surface area contributed by atoms with Gasteiger partial charge in [0.25, 0.3) is 0 Å². The Balaban J connectivity index is 1.34. The molecule has 5 nitrogen and oxygen atoms in total. The zero-order valence-corrected chi connectivity index (χ0v) is 19.7. The number of rotatable bonds is 4. The maximum Gasteiger partial charge on any atom is 0.352 e. The van der Waals surface area contributed by atoms with Crippen molar-refractivity contribution in [3.05, 3.63) is 125 Å². The summed E-state index contributed by atoms with van der Waals surface area (Å²) < 4.78 is 0. The lowest BCUT2D eigenvalue weighted by Crippen LogP contribution is -2.25. The standard InChI is InChI=1S/C31H24N2O3/c1-19-10-15-24(25-8-4-3-7-23(19)25)20-11-13-21(14-12-20)30(34)26-16-28(31(35)36)33-18-22-6-2-5-9-27(22)32-17-29(26)33/h2-17,26,32H,18H2,1H3,(H,35,36). The quantitative estimate of drug-likeness (QED) is 0.338. The van der Waals surface area contributed by atoms with Gasteiger partial charge in [-0.15, -0.1) is 0 Å². The van der Waals surface area contributed by atoms with Gasteiger partial charge in [-0.1, -0.05) is 78.9 Å². The maximum absolute atomic E-state index is 13.6. The Morgan fingerprint density at radius 3 is 2.39 bits per heavy atom. The number of aliphatic carboxylic acids is 1. The normalized spacial score (nSPS) is 16.4. The SMILES string of the molecule is Cc1ccc(-c2ccc(C(=O)C3C=C(C(=O)O)N4Cc5ccccc5NC=C34)cc2)c2ccccc12. The first-order valence-electron chi connectivity index (χ1n) is 11.9. The van der Waals surface area contributed by atoms with Gasteiger partial charge < -0.3 is 15.3 Å². The molecule has 2 N–H and O–H groups in total. The van der Waals surface area contributed by atoms with Crippen molar-refractivity contribution in [2.24, 2.45) is 5.92 Å². The van der Waals surface area contributed by atoms with Gasteiger partial charge in [-0.25, -0.2) is 4.79 Å². The van der Waals surface area contributed by atoms with E-state index in [4.69, 9.17) is 0 Å². The third kappa shape index (κ3) is 3.57. The third-order valence-electron chi connectivity index (χ3n) is 7.09. The van der Waals surface area contributed by atoms with Crippen LogP contribution in [0.25, 0.3) is 21.9 Å². The van der Waals surface area contributed by atoms with Gasteiger partial charge in [-0.2, -0.15) is 0 Å². The van der Waals surface area contributed by atoms with Gasteiger partial charge in [0.05, 0.1) is 12.5 Å². The summed E-state index contributed by atoms with van der Waals surface area (Å²) in [5.74, 6) is -1.85. The van der Waals surface area contributed by atoms with Crippen molar-refractivity contribution in [3.63, 3.8) is 0 Å². The molecular weight excluding hydrogens is 448 g/mol. The summed E-state index contributed by atoms with van der Waals surface area (Å²) >= 11 is 0. The van der Waals surface area contributed by atoms with Crippen LogP contribution in [0.1, 0.15) is 21.5 Å². The van der Waals surface area contributed by atoms with Gasteiger partial charge in [-0.3, -0.25) is 4.79 Å². The molecule has 2 aliphatic rings. The largest absolute Gasteiger partial charge is 0.477 e. The van der Waals surface area contributed by atoms with Crippen LogP contribution >= 0.6 is 0 Å². The van der Waals surface area contributed by atoms with Crippen LogP contribution in [0.4, 0.5) is 5.69 Å². The van der Waals surface area contributed by atoms with Crippen molar-refractivity contribution in [2.45, 2.75) is 13.5 Å². The smallest absolute Gasteiger partial charge is 0.352 e.